The fraction of sp³-hybridized carbons (Fsp3) is 0.923. The van der Waals surface area contributed by atoms with E-state index in [0.29, 0.717) is 18.2 Å². The van der Waals surface area contributed by atoms with Crippen molar-refractivity contribution < 1.29 is 4.79 Å². The van der Waals surface area contributed by atoms with Gasteiger partial charge in [0.25, 0.3) is 0 Å². The molecule has 0 aliphatic carbocycles. The third-order valence-electron chi connectivity index (χ3n) is 2.93. The molecule has 1 fully saturated rings. The Hall–Kier alpha value is -0.570. The van der Waals surface area contributed by atoms with Crippen molar-refractivity contribution in [1.82, 2.24) is 9.80 Å². The highest BCUT2D eigenvalue weighted by Crippen LogP contribution is 2.09. The van der Waals surface area contributed by atoms with Crippen LogP contribution in [0.1, 0.15) is 34.1 Å². The molecule has 0 unspecified atom stereocenters. The minimum Gasteiger partial charge on any atom is -0.340 e. The summed E-state index contributed by atoms with van der Waals surface area (Å²) in [5, 5.41) is 0. The highest BCUT2D eigenvalue weighted by Gasteiger charge is 2.21. The first-order valence-electron chi connectivity index (χ1n) is 6.49. The maximum absolute atomic E-state index is 11.8. The van der Waals surface area contributed by atoms with Gasteiger partial charge in [0.1, 0.15) is 0 Å². The van der Waals surface area contributed by atoms with Gasteiger partial charge < -0.3 is 4.90 Å². The Balaban J connectivity index is 2.28. The predicted molar refractivity (Wildman–Crippen MR) is 67.3 cm³/mol. The van der Waals surface area contributed by atoms with Crippen LogP contribution < -0.4 is 0 Å². The van der Waals surface area contributed by atoms with E-state index in [4.69, 9.17) is 0 Å². The Bertz CT molecular complexity index is 218. The zero-order valence-corrected chi connectivity index (χ0v) is 11.2. The third-order valence-corrected chi connectivity index (χ3v) is 2.93. The number of carbonyl (C=O) groups excluding carboxylic acids is 1. The monoisotopic (exact) mass is 226 g/mol. The van der Waals surface area contributed by atoms with E-state index in [1.165, 1.54) is 0 Å². The first-order valence-corrected chi connectivity index (χ1v) is 6.49. The fourth-order valence-electron chi connectivity index (χ4n) is 2.17. The van der Waals surface area contributed by atoms with Crippen molar-refractivity contribution in [3.8, 4) is 0 Å². The Kier molecular flexibility index (Phi) is 5.26. The second-order valence-electron chi connectivity index (χ2n) is 5.67. The van der Waals surface area contributed by atoms with Crippen LogP contribution in [0.3, 0.4) is 0 Å². The van der Waals surface area contributed by atoms with Crippen LogP contribution in [0.4, 0.5) is 0 Å². The predicted octanol–water partition coefficient (Wildman–Crippen LogP) is 1.83. The van der Waals surface area contributed by atoms with E-state index >= 15 is 0 Å². The Morgan fingerprint density at radius 1 is 1.00 bits per heavy atom. The molecule has 1 heterocycles. The van der Waals surface area contributed by atoms with Crippen molar-refractivity contribution in [2.75, 3.05) is 32.7 Å². The summed E-state index contributed by atoms with van der Waals surface area (Å²) in [5.74, 6) is 1.53. The number of carbonyl (C=O) groups is 1. The molecule has 3 nitrogen and oxygen atoms in total. The van der Waals surface area contributed by atoms with E-state index in [9.17, 15) is 4.79 Å². The highest BCUT2D eigenvalue weighted by molar-refractivity contribution is 5.76. The molecule has 3 heteroatoms. The molecule has 16 heavy (non-hydrogen) atoms. The molecule has 0 aromatic heterocycles. The fourth-order valence-corrected chi connectivity index (χ4v) is 2.17. The van der Waals surface area contributed by atoms with Gasteiger partial charge in [0.15, 0.2) is 0 Å². The van der Waals surface area contributed by atoms with Gasteiger partial charge in [0.2, 0.25) is 5.91 Å². The lowest BCUT2D eigenvalue weighted by atomic mass is 10.1. The topological polar surface area (TPSA) is 23.6 Å². The number of rotatable bonds is 4. The number of nitrogens with zero attached hydrogens (tertiary/aromatic N) is 2. The lowest BCUT2D eigenvalue weighted by Gasteiger charge is -2.35. The van der Waals surface area contributed by atoms with Crippen molar-refractivity contribution >= 4 is 5.91 Å². The van der Waals surface area contributed by atoms with E-state index in [1.807, 2.05) is 4.90 Å². The summed E-state index contributed by atoms with van der Waals surface area (Å²) in [6, 6.07) is 0. The molecule has 0 aromatic carbocycles. The molecular formula is C13H26N2O. The summed E-state index contributed by atoms with van der Waals surface area (Å²) in [6.45, 7) is 13.8. The molecule has 0 bridgehead atoms. The lowest BCUT2D eigenvalue weighted by Crippen LogP contribution is -2.49. The summed E-state index contributed by atoms with van der Waals surface area (Å²) in [6.07, 6.45) is 0.699. The molecule has 1 rings (SSSR count). The lowest BCUT2D eigenvalue weighted by molar-refractivity contribution is -0.133. The zero-order chi connectivity index (χ0) is 12.1. The Morgan fingerprint density at radius 2 is 1.56 bits per heavy atom. The van der Waals surface area contributed by atoms with E-state index in [1.54, 1.807) is 0 Å². The standard InChI is InChI=1S/C13H26N2O/c1-11(2)9-13(16)15-7-5-14(6-8-15)10-12(3)4/h11-12H,5-10H2,1-4H3. The van der Waals surface area contributed by atoms with Gasteiger partial charge in [-0.3, -0.25) is 9.69 Å². The van der Waals surface area contributed by atoms with Gasteiger partial charge in [0, 0.05) is 39.1 Å². The van der Waals surface area contributed by atoms with Gasteiger partial charge in [-0.2, -0.15) is 0 Å². The van der Waals surface area contributed by atoms with Crippen molar-refractivity contribution in [2.45, 2.75) is 34.1 Å². The molecule has 0 radical (unpaired) electrons. The second-order valence-corrected chi connectivity index (χ2v) is 5.67. The first-order chi connectivity index (χ1) is 7.49. The average Bonchev–Trinajstić information content (AvgIpc) is 2.16. The summed E-state index contributed by atoms with van der Waals surface area (Å²) >= 11 is 0. The SMILES string of the molecule is CC(C)CC(=O)N1CCN(CC(C)C)CC1. The second kappa shape index (κ2) is 6.24. The van der Waals surface area contributed by atoms with Crippen molar-refractivity contribution in [3.63, 3.8) is 0 Å². The van der Waals surface area contributed by atoms with E-state index in [0.717, 1.165) is 38.6 Å². The van der Waals surface area contributed by atoms with Crippen molar-refractivity contribution in [1.29, 1.82) is 0 Å². The van der Waals surface area contributed by atoms with Crippen LogP contribution in [-0.4, -0.2) is 48.4 Å². The molecular weight excluding hydrogens is 200 g/mol. The number of hydrogen-bond donors (Lipinski definition) is 0. The van der Waals surface area contributed by atoms with E-state index < -0.39 is 0 Å². The van der Waals surface area contributed by atoms with Gasteiger partial charge in [-0.25, -0.2) is 0 Å². The maximum atomic E-state index is 11.8. The Morgan fingerprint density at radius 3 is 2.00 bits per heavy atom. The van der Waals surface area contributed by atoms with Gasteiger partial charge in [0.05, 0.1) is 0 Å². The van der Waals surface area contributed by atoms with Crippen molar-refractivity contribution in [3.05, 3.63) is 0 Å². The molecule has 0 aromatic rings. The van der Waals surface area contributed by atoms with Crippen LogP contribution in [-0.2, 0) is 4.79 Å². The molecule has 1 aliphatic rings. The van der Waals surface area contributed by atoms with Crippen LogP contribution >= 0.6 is 0 Å². The van der Waals surface area contributed by atoms with Crippen LogP contribution in [0.25, 0.3) is 0 Å². The summed E-state index contributed by atoms with van der Waals surface area (Å²) < 4.78 is 0. The quantitative estimate of drug-likeness (QED) is 0.730. The van der Waals surface area contributed by atoms with Crippen LogP contribution in [0, 0.1) is 11.8 Å². The highest BCUT2D eigenvalue weighted by atomic mass is 16.2. The minimum absolute atomic E-state index is 0.333. The molecule has 0 saturated carbocycles. The molecule has 0 N–H and O–H groups in total. The summed E-state index contributed by atoms with van der Waals surface area (Å²) in [4.78, 5) is 16.3. The average molecular weight is 226 g/mol. The van der Waals surface area contributed by atoms with Crippen LogP contribution in [0.15, 0.2) is 0 Å². The molecule has 94 valence electrons. The van der Waals surface area contributed by atoms with E-state index in [2.05, 4.69) is 32.6 Å². The molecule has 1 aliphatic heterocycles. The van der Waals surface area contributed by atoms with E-state index in [-0.39, 0.29) is 0 Å². The van der Waals surface area contributed by atoms with Gasteiger partial charge >= 0.3 is 0 Å². The Labute approximate surface area is 99.8 Å². The number of hydrogen-bond acceptors (Lipinski definition) is 2. The number of piperazine rings is 1. The third kappa shape index (κ3) is 4.52. The normalized spacial score (nSPS) is 18.5. The van der Waals surface area contributed by atoms with Gasteiger partial charge in [-0.05, 0) is 11.8 Å². The van der Waals surface area contributed by atoms with Crippen molar-refractivity contribution in [2.24, 2.45) is 11.8 Å². The smallest absolute Gasteiger partial charge is 0.222 e. The molecule has 0 atom stereocenters. The molecule has 1 amide bonds. The molecule has 1 saturated heterocycles. The summed E-state index contributed by atoms with van der Waals surface area (Å²) in [7, 11) is 0. The molecule has 0 spiro atoms. The van der Waals surface area contributed by atoms with Crippen LogP contribution in [0.2, 0.25) is 0 Å². The first kappa shape index (κ1) is 13.5. The zero-order valence-electron chi connectivity index (χ0n) is 11.2. The van der Waals surface area contributed by atoms with Gasteiger partial charge in [-0.1, -0.05) is 27.7 Å². The largest absolute Gasteiger partial charge is 0.340 e. The van der Waals surface area contributed by atoms with Crippen LogP contribution in [0.5, 0.6) is 0 Å². The van der Waals surface area contributed by atoms with Gasteiger partial charge in [-0.15, -0.1) is 0 Å². The maximum Gasteiger partial charge on any atom is 0.222 e. The summed E-state index contributed by atoms with van der Waals surface area (Å²) in [5.41, 5.74) is 0. The minimum atomic E-state index is 0.333. The number of amides is 1.